The predicted octanol–water partition coefficient (Wildman–Crippen LogP) is 9.22. The molecule has 0 fully saturated rings. The number of esters is 1. The van der Waals surface area contributed by atoms with E-state index >= 15 is 0 Å². The molecule has 11 nitrogen and oxygen atoms in total. The van der Waals surface area contributed by atoms with E-state index in [9.17, 15) is 34.1 Å². The maximum Gasteiger partial charge on any atom is 0.472 e. The number of phosphoric acid groups is 1. The molecular formula is C40H68NO10P. The number of allylic oxidation sites excluding steroid dienone is 10. The Morgan fingerprint density at radius 1 is 0.635 bits per heavy atom. The Kier molecular flexibility index (Phi) is 33.3. The van der Waals surface area contributed by atoms with Crippen molar-refractivity contribution in [1.29, 1.82) is 0 Å². The van der Waals surface area contributed by atoms with Gasteiger partial charge in [0.1, 0.15) is 12.7 Å². The molecule has 1 amide bonds. The number of nitrogens with one attached hydrogen (secondary N) is 1. The Hall–Kier alpha value is -2.82. The van der Waals surface area contributed by atoms with Crippen LogP contribution in [0.25, 0.3) is 0 Å². The third kappa shape index (κ3) is 34.3. The number of phosphoric ester groups is 1. The van der Waals surface area contributed by atoms with Crippen LogP contribution in [0.2, 0.25) is 0 Å². The molecule has 0 aliphatic rings. The van der Waals surface area contributed by atoms with Gasteiger partial charge in [0.25, 0.3) is 0 Å². The SMILES string of the molecule is CC/C=C\C/C=C\C/C=C\C/C=C\C/C=C\CCCC(=O)OCC(O)COP(=O)(O)OCC(NC(=O)CCCCCCCCCCCCC)C(=O)O. The molecule has 52 heavy (non-hydrogen) atoms. The van der Waals surface area contributed by atoms with Crippen molar-refractivity contribution in [3.8, 4) is 0 Å². The number of ether oxygens (including phenoxy) is 1. The van der Waals surface area contributed by atoms with Gasteiger partial charge in [-0.25, -0.2) is 9.36 Å². The number of carboxylic acid groups (broad SMARTS) is 1. The fourth-order valence-electron chi connectivity index (χ4n) is 4.82. The number of aliphatic hydroxyl groups excluding tert-OH is 1. The number of carboxylic acids is 1. The first kappa shape index (κ1) is 49.2. The molecule has 0 saturated carbocycles. The molecule has 12 heteroatoms. The Morgan fingerprint density at radius 3 is 1.63 bits per heavy atom. The normalized spacial score (nSPS) is 14.5. The van der Waals surface area contributed by atoms with Crippen molar-refractivity contribution in [2.45, 2.75) is 154 Å². The average molecular weight is 754 g/mol. The van der Waals surface area contributed by atoms with Crippen LogP contribution in [0.4, 0.5) is 0 Å². The molecule has 0 aliphatic carbocycles. The van der Waals surface area contributed by atoms with E-state index in [1.54, 1.807) is 0 Å². The number of carbonyl (C=O) groups excluding carboxylic acids is 2. The van der Waals surface area contributed by atoms with Gasteiger partial charge in [0.2, 0.25) is 5.91 Å². The van der Waals surface area contributed by atoms with Crippen molar-refractivity contribution in [1.82, 2.24) is 5.32 Å². The number of rotatable bonds is 35. The summed E-state index contributed by atoms with van der Waals surface area (Å²) >= 11 is 0. The van der Waals surface area contributed by atoms with E-state index in [2.05, 4.69) is 67.8 Å². The van der Waals surface area contributed by atoms with E-state index in [0.717, 1.165) is 51.4 Å². The second kappa shape index (κ2) is 35.2. The molecule has 0 aliphatic heterocycles. The largest absolute Gasteiger partial charge is 0.480 e. The lowest BCUT2D eigenvalue weighted by Gasteiger charge is -2.18. The van der Waals surface area contributed by atoms with Crippen LogP contribution in [-0.4, -0.2) is 64.9 Å². The standard InChI is InChI=1S/C40H68NO10P/c1-3-5-7-9-11-13-15-16-17-18-19-20-22-24-26-28-30-32-39(44)49-33-36(42)34-50-52(47,48)51-35-37(40(45)46)41-38(43)31-29-27-25-23-21-14-12-10-8-6-4-2/h5,7,11,13,16-17,19-20,24,26,36-37,42H,3-4,6,8-10,12,14-15,18,21-23,25,27-35H2,1-2H3,(H,41,43)(H,45,46)(H,47,48)/b7-5-,13-11-,17-16-,20-19-,26-24-. The van der Waals surface area contributed by atoms with Crippen LogP contribution in [0.15, 0.2) is 60.8 Å². The van der Waals surface area contributed by atoms with Crippen molar-refractivity contribution in [2.24, 2.45) is 0 Å². The Balaban J connectivity index is 4.04. The van der Waals surface area contributed by atoms with Crippen LogP contribution in [0.3, 0.4) is 0 Å². The Morgan fingerprint density at radius 2 is 1.12 bits per heavy atom. The maximum absolute atomic E-state index is 12.2. The summed E-state index contributed by atoms with van der Waals surface area (Å²) in [5.41, 5.74) is 0. The topological polar surface area (TPSA) is 169 Å². The molecule has 0 bridgehead atoms. The number of carbonyl (C=O) groups is 3. The van der Waals surface area contributed by atoms with Gasteiger partial charge < -0.3 is 25.2 Å². The van der Waals surface area contributed by atoms with E-state index in [1.807, 2.05) is 12.2 Å². The molecule has 0 spiro atoms. The van der Waals surface area contributed by atoms with Gasteiger partial charge in [0.15, 0.2) is 6.04 Å². The summed E-state index contributed by atoms with van der Waals surface area (Å²) in [5.74, 6) is -2.45. The molecule has 0 aromatic heterocycles. The van der Waals surface area contributed by atoms with Gasteiger partial charge in [-0.15, -0.1) is 0 Å². The van der Waals surface area contributed by atoms with Gasteiger partial charge in [-0.05, 0) is 51.4 Å². The molecule has 3 unspecified atom stereocenters. The van der Waals surface area contributed by atoms with Crippen molar-refractivity contribution in [2.75, 3.05) is 19.8 Å². The average Bonchev–Trinajstić information content (AvgIpc) is 3.11. The van der Waals surface area contributed by atoms with Gasteiger partial charge in [-0.2, -0.15) is 0 Å². The highest BCUT2D eigenvalue weighted by atomic mass is 31.2. The monoisotopic (exact) mass is 753 g/mol. The Labute approximate surface area is 313 Å². The number of hydrogen-bond acceptors (Lipinski definition) is 8. The molecule has 0 rings (SSSR count). The fourth-order valence-corrected chi connectivity index (χ4v) is 5.59. The molecule has 298 valence electrons. The van der Waals surface area contributed by atoms with Crippen molar-refractivity contribution in [3.05, 3.63) is 60.8 Å². The first-order chi connectivity index (χ1) is 25.1. The lowest BCUT2D eigenvalue weighted by atomic mass is 10.1. The first-order valence-electron chi connectivity index (χ1n) is 19.3. The number of aliphatic carboxylic acids is 1. The second-order valence-electron chi connectivity index (χ2n) is 12.7. The van der Waals surface area contributed by atoms with Crippen molar-refractivity contribution >= 4 is 25.7 Å². The highest BCUT2D eigenvalue weighted by molar-refractivity contribution is 7.47. The summed E-state index contributed by atoms with van der Waals surface area (Å²) in [6, 6.07) is -1.55. The summed E-state index contributed by atoms with van der Waals surface area (Å²) in [6.45, 7) is 2.38. The lowest BCUT2D eigenvalue weighted by Crippen LogP contribution is -2.43. The minimum atomic E-state index is -4.76. The van der Waals surface area contributed by atoms with E-state index in [4.69, 9.17) is 13.8 Å². The second-order valence-corrected chi connectivity index (χ2v) is 14.2. The van der Waals surface area contributed by atoms with Gasteiger partial charge in [-0.1, -0.05) is 139 Å². The third-order valence-corrected chi connectivity index (χ3v) is 8.77. The van der Waals surface area contributed by atoms with Crippen LogP contribution >= 0.6 is 7.82 Å². The van der Waals surface area contributed by atoms with Crippen LogP contribution in [0.1, 0.15) is 142 Å². The highest BCUT2D eigenvalue weighted by Gasteiger charge is 2.28. The minimum absolute atomic E-state index is 0.141. The summed E-state index contributed by atoms with van der Waals surface area (Å²) in [7, 11) is -4.76. The summed E-state index contributed by atoms with van der Waals surface area (Å²) < 4.78 is 26.7. The first-order valence-corrected chi connectivity index (χ1v) is 20.8. The molecule has 0 radical (unpaired) electrons. The lowest BCUT2D eigenvalue weighted by molar-refractivity contribution is -0.147. The van der Waals surface area contributed by atoms with Crippen LogP contribution in [0.5, 0.6) is 0 Å². The van der Waals surface area contributed by atoms with Gasteiger partial charge >= 0.3 is 19.8 Å². The van der Waals surface area contributed by atoms with Crippen molar-refractivity contribution in [3.63, 3.8) is 0 Å². The van der Waals surface area contributed by atoms with Crippen LogP contribution in [0, 0.1) is 0 Å². The zero-order valence-corrected chi connectivity index (χ0v) is 32.7. The number of hydrogen-bond donors (Lipinski definition) is 4. The molecule has 0 aromatic rings. The molecular weight excluding hydrogens is 685 g/mol. The smallest absolute Gasteiger partial charge is 0.472 e. The van der Waals surface area contributed by atoms with E-state index < -0.39 is 57.6 Å². The Bertz CT molecular complexity index is 1120. The van der Waals surface area contributed by atoms with Crippen molar-refractivity contribution < 1.29 is 47.8 Å². The van der Waals surface area contributed by atoms with E-state index in [0.29, 0.717) is 19.3 Å². The summed E-state index contributed by atoms with van der Waals surface area (Å²) in [5, 5.41) is 21.7. The number of amides is 1. The fraction of sp³-hybridized carbons (Fsp3) is 0.675. The van der Waals surface area contributed by atoms with Gasteiger partial charge in [-0.3, -0.25) is 18.6 Å². The predicted molar refractivity (Wildman–Crippen MR) is 208 cm³/mol. The minimum Gasteiger partial charge on any atom is -0.480 e. The van der Waals surface area contributed by atoms with Gasteiger partial charge in [0, 0.05) is 12.8 Å². The highest BCUT2D eigenvalue weighted by Crippen LogP contribution is 2.43. The quantitative estimate of drug-likeness (QED) is 0.0212. The number of aliphatic hydroxyl groups is 1. The summed E-state index contributed by atoms with van der Waals surface area (Å²) in [4.78, 5) is 45.7. The summed E-state index contributed by atoms with van der Waals surface area (Å²) in [6.07, 6.45) is 38.3. The molecule has 4 N–H and O–H groups in total. The third-order valence-electron chi connectivity index (χ3n) is 7.82. The van der Waals surface area contributed by atoms with Gasteiger partial charge in [0.05, 0.1) is 13.2 Å². The molecule has 0 aromatic carbocycles. The molecule has 3 atom stereocenters. The van der Waals surface area contributed by atoms with E-state index in [-0.39, 0.29) is 12.8 Å². The zero-order valence-electron chi connectivity index (χ0n) is 31.8. The number of unbranched alkanes of at least 4 members (excludes halogenated alkanes) is 11. The molecule has 0 saturated heterocycles. The van der Waals surface area contributed by atoms with Crippen LogP contribution in [-0.2, 0) is 32.7 Å². The molecule has 0 heterocycles. The zero-order chi connectivity index (χ0) is 38.5. The van der Waals surface area contributed by atoms with E-state index in [1.165, 1.54) is 44.9 Å². The maximum atomic E-state index is 12.2. The van der Waals surface area contributed by atoms with Crippen LogP contribution < -0.4 is 5.32 Å².